The van der Waals surface area contributed by atoms with Gasteiger partial charge in [-0.25, -0.2) is 0 Å². The van der Waals surface area contributed by atoms with Crippen LogP contribution in [0.25, 0.3) is 27.2 Å². The highest BCUT2D eigenvalue weighted by molar-refractivity contribution is 6.11. The Bertz CT molecular complexity index is 857. The summed E-state index contributed by atoms with van der Waals surface area (Å²) in [5.74, 6) is 0. The van der Waals surface area contributed by atoms with Crippen LogP contribution in [0, 0.1) is 0 Å². The predicted molar refractivity (Wildman–Crippen MR) is 80.8 cm³/mol. The van der Waals surface area contributed by atoms with Gasteiger partial charge in [-0.15, -0.1) is 0 Å². The Balaban J connectivity index is 2.22. The monoisotopic (exact) mass is 243 g/mol. The van der Waals surface area contributed by atoms with E-state index in [0.717, 1.165) is 0 Å². The largest absolute Gasteiger partial charge is 0.323 e. The summed E-state index contributed by atoms with van der Waals surface area (Å²) in [7, 11) is 0. The Hall–Kier alpha value is -2.54. The Kier molecular flexibility index (Phi) is 2.18. The minimum absolute atomic E-state index is 1.24. The lowest BCUT2D eigenvalue weighted by Gasteiger charge is -2.11. The van der Waals surface area contributed by atoms with E-state index in [1.165, 1.54) is 27.2 Å². The minimum Gasteiger partial charge on any atom is -0.323 e. The first-order valence-corrected chi connectivity index (χ1v) is 6.47. The molecule has 1 aromatic heterocycles. The normalized spacial score (nSPS) is 11.2. The summed E-state index contributed by atoms with van der Waals surface area (Å²) in [6.07, 6.45) is 4.19. The average molecular weight is 243 g/mol. The first-order chi connectivity index (χ1) is 9.43. The van der Waals surface area contributed by atoms with Crippen molar-refractivity contribution >= 4 is 21.5 Å². The van der Waals surface area contributed by atoms with Crippen molar-refractivity contribution in [3.05, 3.63) is 79.1 Å². The topological polar surface area (TPSA) is 4.93 Å². The molecule has 3 aromatic carbocycles. The third-order valence-electron chi connectivity index (χ3n) is 3.63. The summed E-state index contributed by atoms with van der Waals surface area (Å²) in [5.41, 5.74) is 1.24. The van der Waals surface area contributed by atoms with Gasteiger partial charge in [0.15, 0.2) is 0 Å². The summed E-state index contributed by atoms with van der Waals surface area (Å²) in [5, 5.41) is 5.20. The third kappa shape index (κ3) is 1.55. The molecule has 90 valence electrons. The van der Waals surface area contributed by atoms with Crippen LogP contribution in [0.1, 0.15) is 0 Å². The molecule has 0 N–H and O–H groups in total. The molecule has 0 saturated carbocycles. The summed E-state index contributed by atoms with van der Waals surface area (Å²) < 4.78 is 2.18. The molecule has 0 bridgehead atoms. The van der Waals surface area contributed by atoms with Gasteiger partial charge in [0.2, 0.25) is 0 Å². The summed E-state index contributed by atoms with van der Waals surface area (Å²) in [6, 6.07) is 23.5. The Morgan fingerprint density at radius 3 is 2.00 bits per heavy atom. The number of benzene rings is 3. The van der Waals surface area contributed by atoms with Crippen molar-refractivity contribution in [1.82, 2.24) is 4.57 Å². The van der Waals surface area contributed by atoms with Crippen LogP contribution in [-0.2, 0) is 0 Å². The van der Waals surface area contributed by atoms with Crippen molar-refractivity contribution in [2.75, 3.05) is 0 Å². The zero-order valence-electron chi connectivity index (χ0n) is 10.5. The molecule has 0 spiro atoms. The van der Waals surface area contributed by atoms with Crippen LogP contribution in [0.15, 0.2) is 79.1 Å². The first kappa shape index (κ1) is 10.4. The molecular weight excluding hydrogens is 230 g/mol. The van der Waals surface area contributed by atoms with Gasteiger partial charge < -0.3 is 4.57 Å². The van der Waals surface area contributed by atoms with Gasteiger partial charge in [0.1, 0.15) is 0 Å². The quantitative estimate of drug-likeness (QED) is 0.424. The van der Waals surface area contributed by atoms with E-state index in [2.05, 4.69) is 83.7 Å². The van der Waals surface area contributed by atoms with Gasteiger partial charge in [0.05, 0.1) is 5.69 Å². The summed E-state index contributed by atoms with van der Waals surface area (Å²) in [6.45, 7) is 0. The molecule has 0 atom stereocenters. The van der Waals surface area contributed by atoms with Crippen LogP contribution in [0.4, 0.5) is 0 Å². The Morgan fingerprint density at radius 1 is 0.579 bits per heavy atom. The van der Waals surface area contributed by atoms with Crippen molar-refractivity contribution in [3.63, 3.8) is 0 Å². The summed E-state index contributed by atoms with van der Waals surface area (Å²) in [4.78, 5) is 0. The van der Waals surface area contributed by atoms with E-state index in [1.54, 1.807) is 0 Å². The fourth-order valence-electron chi connectivity index (χ4n) is 2.74. The van der Waals surface area contributed by atoms with Crippen molar-refractivity contribution in [2.45, 2.75) is 0 Å². The lowest BCUT2D eigenvalue weighted by atomic mass is 10.0. The van der Waals surface area contributed by atoms with Gasteiger partial charge in [0, 0.05) is 17.8 Å². The van der Waals surface area contributed by atoms with Crippen LogP contribution in [-0.4, -0.2) is 4.57 Å². The molecule has 0 radical (unpaired) electrons. The number of rotatable bonds is 1. The second kappa shape index (κ2) is 3.99. The van der Waals surface area contributed by atoms with Gasteiger partial charge in [-0.3, -0.25) is 0 Å². The molecular formula is C18H13N. The second-order valence-electron chi connectivity index (χ2n) is 4.75. The van der Waals surface area contributed by atoms with Crippen LogP contribution in [0.3, 0.4) is 0 Å². The highest BCUT2D eigenvalue weighted by Gasteiger charge is 2.06. The van der Waals surface area contributed by atoms with Crippen molar-refractivity contribution < 1.29 is 0 Å². The van der Waals surface area contributed by atoms with E-state index in [1.807, 2.05) is 0 Å². The molecule has 0 aliphatic carbocycles. The maximum atomic E-state index is 2.26. The number of nitrogens with zero attached hydrogens (tertiary/aromatic N) is 1. The minimum atomic E-state index is 1.24. The lowest BCUT2D eigenvalue weighted by Crippen LogP contribution is -1.92. The van der Waals surface area contributed by atoms with Crippen molar-refractivity contribution in [2.24, 2.45) is 0 Å². The first-order valence-electron chi connectivity index (χ1n) is 6.47. The van der Waals surface area contributed by atoms with Crippen LogP contribution < -0.4 is 0 Å². The molecule has 4 aromatic rings. The molecule has 0 saturated heterocycles. The third-order valence-corrected chi connectivity index (χ3v) is 3.63. The van der Waals surface area contributed by atoms with E-state index in [0.29, 0.717) is 0 Å². The molecule has 0 unspecified atom stereocenters. The number of aromatic nitrogens is 1. The van der Waals surface area contributed by atoms with Crippen molar-refractivity contribution in [3.8, 4) is 5.69 Å². The smallest absolute Gasteiger partial charge is 0.0534 e. The number of hydrogen-bond acceptors (Lipinski definition) is 0. The number of fused-ring (bicyclic) bond motifs is 3. The predicted octanol–water partition coefficient (Wildman–Crippen LogP) is 4.78. The molecule has 1 heteroatoms. The van der Waals surface area contributed by atoms with Gasteiger partial charge in [-0.1, -0.05) is 48.5 Å². The SMILES string of the molecule is c1ccc2c(c1)cc(-n1cccc1)c1ccccc12. The zero-order chi connectivity index (χ0) is 12.7. The second-order valence-corrected chi connectivity index (χ2v) is 4.75. The van der Waals surface area contributed by atoms with Crippen LogP contribution >= 0.6 is 0 Å². The lowest BCUT2D eigenvalue weighted by molar-refractivity contribution is 1.10. The van der Waals surface area contributed by atoms with E-state index in [-0.39, 0.29) is 0 Å². The highest BCUT2D eigenvalue weighted by atomic mass is 14.9. The standard InChI is InChI=1S/C18H13N/c1-2-8-15-14(7-1)13-18(19-11-5-6-12-19)17-10-4-3-9-16(15)17/h1-13H. The van der Waals surface area contributed by atoms with Gasteiger partial charge in [-0.05, 0) is 34.4 Å². The van der Waals surface area contributed by atoms with Gasteiger partial charge >= 0.3 is 0 Å². The zero-order valence-corrected chi connectivity index (χ0v) is 10.5. The van der Waals surface area contributed by atoms with Crippen LogP contribution in [0.2, 0.25) is 0 Å². The van der Waals surface area contributed by atoms with Gasteiger partial charge in [0.25, 0.3) is 0 Å². The molecule has 0 amide bonds. The Labute approximate surface area is 111 Å². The molecule has 0 aliphatic heterocycles. The van der Waals surface area contributed by atoms with E-state index < -0.39 is 0 Å². The molecule has 1 nitrogen and oxygen atoms in total. The maximum Gasteiger partial charge on any atom is 0.0534 e. The highest BCUT2D eigenvalue weighted by Crippen LogP contribution is 2.30. The van der Waals surface area contributed by atoms with Gasteiger partial charge in [-0.2, -0.15) is 0 Å². The molecule has 1 heterocycles. The fraction of sp³-hybridized carbons (Fsp3) is 0. The molecule has 4 rings (SSSR count). The van der Waals surface area contributed by atoms with Crippen molar-refractivity contribution in [1.29, 1.82) is 0 Å². The summed E-state index contributed by atoms with van der Waals surface area (Å²) >= 11 is 0. The number of hydrogen-bond donors (Lipinski definition) is 0. The molecule has 19 heavy (non-hydrogen) atoms. The van der Waals surface area contributed by atoms with E-state index >= 15 is 0 Å². The molecule has 0 fully saturated rings. The average Bonchev–Trinajstić information content (AvgIpc) is 3.00. The van der Waals surface area contributed by atoms with Crippen LogP contribution in [0.5, 0.6) is 0 Å². The molecule has 0 aliphatic rings. The fourth-order valence-corrected chi connectivity index (χ4v) is 2.74. The van der Waals surface area contributed by atoms with E-state index in [9.17, 15) is 0 Å². The van der Waals surface area contributed by atoms with E-state index in [4.69, 9.17) is 0 Å². The maximum absolute atomic E-state index is 2.26. The Morgan fingerprint density at radius 2 is 1.21 bits per heavy atom.